The first-order valence-corrected chi connectivity index (χ1v) is 7.23. The van der Waals surface area contributed by atoms with Crippen LogP contribution in [-0.4, -0.2) is 19.7 Å². The van der Waals surface area contributed by atoms with Crippen LogP contribution in [0.15, 0.2) is 18.5 Å². The normalized spacial score (nSPS) is 16.7. The van der Waals surface area contributed by atoms with Crippen molar-refractivity contribution in [2.45, 2.75) is 38.0 Å². The summed E-state index contributed by atoms with van der Waals surface area (Å²) in [6.07, 6.45) is 10.2. The van der Waals surface area contributed by atoms with Gasteiger partial charge in [0.1, 0.15) is 10.5 Å². The first-order chi connectivity index (χ1) is 9.22. The molecule has 4 nitrogen and oxygen atoms in total. The molecule has 0 atom stereocenters. The molecule has 0 aromatic carbocycles. The molecule has 1 fully saturated rings. The van der Waals surface area contributed by atoms with E-state index in [0.717, 1.165) is 17.1 Å². The highest BCUT2D eigenvalue weighted by atomic mass is 32.1. The molecule has 19 heavy (non-hydrogen) atoms. The Bertz CT molecular complexity index is 622. The molecule has 0 aliphatic heterocycles. The fourth-order valence-corrected chi connectivity index (χ4v) is 2.98. The first kappa shape index (κ1) is 12.5. The maximum atomic E-state index is 5.30. The van der Waals surface area contributed by atoms with Crippen LogP contribution < -0.4 is 0 Å². The van der Waals surface area contributed by atoms with Crippen molar-refractivity contribution in [3.05, 3.63) is 28.9 Å². The third-order valence-corrected chi connectivity index (χ3v) is 3.98. The van der Waals surface area contributed by atoms with Crippen LogP contribution in [0.25, 0.3) is 11.3 Å². The van der Waals surface area contributed by atoms with E-state index in [9.17, 15) is 0 Å². The maximum Gasteiger partial charge on any atom is 0.130 e. The van der Waals surface area contributed by atoms with E-state index in [1.54, 1.807) is 4.68 Å². The second kappa shape index (κ2) is 5.25. The lowest BCUT2D eigenvalue weighted by Gasteiger charge is -2.21. The maximum absolute atomic E-state index is 5.30. The lowest BCUT2D eigenvalue weighted by atomic mass is 9.88. The number of hydrogen-bond donors (Lipinski definition) is 1. The number of H-pyrrole nitrogens is 1. The fraction of sp³-hybridized carbons (Fsp3) is 0.500. The summed E-state index contributed by atoms with van der Waals surface area (Å²) < 4.78 is 2.46. The van der Waals surface area contributed by atoms with E-state index in [1.165, 1.54) is 32.1 Å². The van der Waals surface area contributed by atoms with Crippen LogP contribution >= 0.6 is 12.2 Å². The van der Waals surface area contributed by atoms with Crippen molar-refractivity contribution in [3.63, 3.8) is 0 Å². The molecule has 1 aliphatic carbocycles. The van der Waals surface area contributed by atoms with E-state index in [2.05, 4.69) is 15.1 Å². The van der Waals surface area contributed by atoms with Crippen LogP contribution in [0, 0.1) is 4.64 Å². The molecule has 100 valence electrons. The minimum Gasteiger partial charge on any atom is -0.343 e. The number of aromatic nitrogens is 4. The molecule has 1 N–H and O–H groups in total. The molecule has 0 spiro atoms. The number of nitrogens with zero attached hydrogens (tertiary/aromatic N) is 3. The minimum absolute atomic E-state index is 0.534. The Kier molecular flexibility index (Phi) is 3.46. The van der Waals surface area contributed by atoms with Crippen molar-refractivity contribution >= 4 is 12.2 Å². The SMILES string of the molecule is Cn1cc(-c2cc(=S)nc(C3CCCCC3)[nH]2)cn1. The topological polar surface area (TPSA) is 46.5 Å². The molecular weight excluding hydrogens is 256 g/mol. The third-order valence-electron chi connectivity index (χ3n) is 3.77. The molecule has 5 heteroatoms. The molecule has 1 saturated carbocycles. The molecular formula is C14H18N4S. The van der Waals surface area contributed by atoms with Gasteiger partial charge in [-0.25, -0.2) is 4.98 Å². The van der Waals surface area contributed by atoms with Gasteiger partial charge in [0, 0.05) is 24.7 Å². The minimum atomic E-state index is 0.534. The Balaban J connectivity index is 1.98. The summed E-state index contributed by atoms with van der Waals surface area (Å²) in [5.41, 5.74) is 2.08. The average Bonchev–Trinajstić information content (AvgIpc) is 2.86. The molecule has 0 saturated heterocycles. The van der Waals surface area contributed by atoms with Crippen LogP contribution in [0.3, 0.4) is 0 Å². The van der Waals surface area contributed by atoms with Gasteiger partial charge in [0.25, 0.3) is 0 Å². The van der Waals surface area contributed by atoms with Gasteiger partial charge >= 0.3 is 0 Å². The summed E-state index contributed by atoms with van der Waals surface area (Å²) in [4.78, 5) is 7.98. The Labute approximate surface area is 117 Å². The van der Waals surface area contributed by atoms with Gasteiger partial charge in [-0.15, -0.1) is 0 Å². The molecule has 0 radical (unpaired) electrons. The van der Waals surface area contributed by atoms with Gasteiger partial charge < -0.3 is 4.98 Å². The summed E-state index contributed by atoms with van der Waals surface area (Å²) >= 11 is 5.30. The Morgan fingerprint density at radius 1 is 1.32 bits per heavy atom. The zero-order valence-electron chi connectivity index (χ0n) is 11.1. The van der Waals surface area contributed by atoms with E-state index in [1.807, 2.05) is 25.5 Å². The zero-order chi connectivity index (χ0) is 13.2. The van der Waals surface area contributed by atoms with Crippen molar-refractivity contribution in [2.24, 2.45) is 7.05 Å². The highest BCUT2D eigenvalue weighted by Gasteiger charge is 2.18. The van der Waals surface area contributed by atoms with Gasteiger partial charge in [-0.1, -0.05) is 31.5 Å². The fourth-order valence-electron chi connectivity index (χ4n) is 2.76. The van der Waals surface area contributed by atoms with Crippen LogP contribution in [0.1, 0.15) is 43.8 Å². The lowest BCUT2D eigenvalue weighted by Crippen LogP contribution is -2.09. The van der Waals surface area contributed by atoms with Gasteiger partial charge in [-0.3, -0.25) is 4.68 Å². The quantitative estimate of drug-likeness (QED) is 0.851. The largest absolute Gasteiger partial charge is 0.343 e. The van der Waals surface area contributed by atoms with E-state index in [0.29, 0.717) is 10.6 Å². The predicted molar refractivity (Wildman–Crippen MR) is 77.4 cm³/mol. The number of aromatic amines is 1. The lowest BCUT2D eigenvalue weighted by molar-refractivity contribution is 0.428. The van der Waals surface area contributed by atoms with Gasteiger partial charge in [0.05, 0.1) is 11.9 Å². The van der Waals surface area contributed by atoms with Crippen molar-refractivity contribution in [2.75, 3.05) is 0 Å². The van der Waals surface area contributed by atoms with Gasteiger partial charge in [-0.05, 0) is 18.9 Å². The summed E-state index contributed by atoms with van der Waals surface area (Å²) in [5.74, 6) is 1.58. The van der Waals surface area contributed by atoms with Gasteiger partial charge in [0.2, 0.25) is 0 Å². The number of hydrogen-bond acceptors (Lipinski definition) is 3. The molecule has 2 aromatic heterocycles. The highest BCUT2D eigenvalue weighted by Crippen LogP contribution is 2.31. The molecule has 3 rings (SSSR count). The summed E-state index contributed by atoms with van der Waals surface area (Å²) in [5, 5.41) is 4.21. The van der Waals surface area contributed by atoms with E-state index >= 15 is 0 Å². The summed E-state index contributed by atoms with van der Waals surface area (Å²) in [7, 11) is 1.92. The number of aryl methyl sites for hydroxylation is 1. The van der Waals surface area contributed by atoms with Crippen LogP contribution in [0.5, 0.6) is 0 Å². The van der Waals surface area contributed by atoms with E-state index < -0.39 is 0 Å². The van der Waals surface area contributed by atoms with Gasteiger partial charge in [0.15, 0.2) is 0 Å². The molecule has 0 unspecified atom stereocenters. The molecule has 2 heterocycles. The highest BCUT2D eigenvalue weighted by molar-refractivity contribution is 7.71. The molecule has 0 amide bonds. The van der Waals surface area contributed by atoms with Crippen LogP contribution in [0.4, 0.5) is 0 Å². The Morgan fingerprint density at radius 3 is 2.79 bits per heavy atom. The molecule has 2 aromatic rings. The Hall–Kier alpha value is -1.49. The predicted octanol–water partition coefficient (Wildman–Crippen LogP) is 3.59. The van der Waals surface area contributed by atoms with Crippen molar-refractivity contribution in [1.29, 1.82) is 0 Å². The zero-order valence-corrected chi connectivity index (χ0v) is 11.9. The second-order valence-corrected chi connectivity index (χ2v) is 5.67. The second-order valence-electron chi connectivity index (χ2n) is 5.26. The van der Waals surface area contributed by atoms with Gasteiger partial charge in [-0.2, -0.15) is 5.10 Å². The monoisotopic (exact) mass is 274 g/mol. The summed E-state index contributed by atoms with van der Waals surface area (Å²) in [6, 6.07) is 1.92. The Morgan fingerprint density at radius 2 is 2.11 bits per heavy atom. The molecule has 0 bridgehead atoms. The molecule has 1 aliphatic rings. The van der Waals surface area contributed by atoms with Crippen molar-refractivity contribution < 1.29 is 0 Å². The number of rotatable bonds is 2. The van der Waals surface area contributed by atoms with Crippen molar-refractivity contribution in [3.8, 4) is 11.3 Å². The number of nitrogens with one attached hydrogen (secondary N) is 1. The van der Waals surface area contributed by atoms with Crippen LogP contribution in [-0.2, 0) is 7.05 Å². The standard InChI is InChI=1S/C14H18N4S/c1-18-9-11(8-15-18)12-7-13(19)17-14(16-12)10-5-3-2-4-6-10/h7-10H,2-6H2,1H3,(H,16,17,19). The van der Waals surface area contributed by atoms with E-state index in [4.69, 9.17) is 12.2 Å². The third kappa shape index (κ3) is 2.76. The smallest absolute Gasteiger partial charge is 0.130 e. The van der Waals surface area contributed by atoms with Crippen LogP contribution in [0.2, 0.25) is 0 Å². The summed E-state index contributed by atoms with van der Waals surface area (Å²) in [6.45, 7) is 0. The van der Waals surface area contributed by atoms with Crippen molar-refractivity contribution in [1.82, 2.24) is 19.7 Å². The average molecular weight is 274 g/mol. The van der Waals surface area contributed by atoms with E-state index in [-0.39, 0.29) is 0 Å². The first-order valence-electron chi connectivity index (χ1n) is 6.82.